The van der Waals surface area contributed by atoms with Gasteiger partial charge in [-0.1, -0.05) is 0 Å². The fourth-order valence-corrected chi connectivity index (χ4v) is 1.77. The molecule has 0 aliphatic rings. The van der Waals surface area contributed by atoms with Gasteiger partial charge in [0.25, 0.3) is 0 Å². The van der Waals surface area contributed by atoms with Gasteiger partial charge in [-0.25, -0.2) is 0 Å². The molecule has 0 aliphatic heterocycles. The monoisotopic (exact) mass is 190 g/mol. The second kappa shape index (κ2) is 3.03. The van der Waals surface area contributed by atoms with Crippen molar-refractivity contribution in [1.82, 2.24) is 4.57 Å². The Morgan fingerprint density at radius 1 is 1.43 bits per heavy atom. The Kier molecular flexibility index (Phi) is 1.97. The number of phenolic OH excluding ortho intramolecular Hbond substituents is 1. The number of hydrogen-bond acceptors (Lipinski definition) is 2. The molecule has 74 valence electrons. The lowest BCUT2D eigenvalue weighted by atomic mass is 10.1. The number of fused-ring (bicyclic) bond motifs is 1. The highest BCUT2D eigenvalue weighted by Gasteiger charge is 2.07. The standard InChI is InChI=1S/C11H14N2O/c1-7-3-10-9(4-11(7)14)8(5-12)6-13(10)2/h3-4,6,14H,5,12H2,1-2H3. The Bertz CT molecular complexity index is 485. The predicted molar refractivity (Wildman–Crippen MR) is 57.2 cm³/mol. The minimum Gasteiger partial charge on any atom is -0.508 e. The first kappa shape index (κ1) is 9.09. The van der Waals surface area contributed by atoms with Crippen LogP contribution in [-0.4, -0.2) is 9.67 Å². The van der Waals surface area contributed by atoms with Crippen molar-refractivity contribution in [3.05, 3.63) is 29.5 Å². The molecule has 0 saturated heterocycles. The minimum absolute atomic E-state index is 0.332. The van der Waals surface area contributed by atoms with Crippen LogP contribution in [0.1, 0.15) is 11.1 Å². The second-order valence-electron chi connectivity index (χ2n) is 3.63. The van der Waals surface area contributed by atoms with Crippen LogP contribution in [0.25, 0.3) is 10.9 Å². The van der Waals surface area contributed by atoms with Gasteiger partial charge in [0.05, 0.1) is 0 Å². The van der Waals surface area contributed by atoms with Crippen LogP contribution in [0.3, 0.4) is 0 Å². The van der Waals surface area contributed by atoms with Crippen LogP contribution in [0.4, 0.5) is 0 Å². The SMILES string of the molecule is Cc1cc2c(cc1O)c(CN)cn2C. The van der Waals surface area contributed by atoms with Gasteiger partial charge >= 0.3 is 0 Å². The summed E-state index contributed by atoms with van der Waals surface area (Å²) in [5, 5.41) is 10.6. The predicted octanol–water partition coefficient (Wildman–Crippen LogP) is 1.65. The first-order valence-corrected chi connectivity index (χ1v) is 4.61. The highest BCUT2D eigenvalue weighted by Crippen LogP contribution is 2.27. The zero-order valence-electron chi connectivity index (χ0n) is 8.41. The summed E-state index contributed by atoms with van der Waals surface area (Å²) in [6.45, 7) is 2.39. The molecule has 0 unspecified atom stereocenters. The molecule has 14 heavy (non-hydrogen) atoms. The van der Waals surface area contributed by atoms with E-state index in [4.69, 9.17) is 5.73 Å². The Labute approximate surface area is 82.8 Å². The molecule has 2 rings (SSSR count). The lowest BCUT2D eigenvalue weighted by Crippen LogP contribution is -1.94. The zero-order valence-corrected chi connectivity index (χ0v) is 8.41. The smallest absolute Gasteiger partial charge is 0.119 e. The van der Waals surface area contributed by atoms with Crippen LogP contribution < -0.4 is 5.73 Å². The topological polar surface area (TPSA) is 51.2 Å². The molecule has 0 fully saturated rings. The van der Waals surface area contributed by atoms with E-state index in [1.807, 2.05) is 30.8 Å². The first-order chi connectivity index (χ1) is 6.63. The fraction of sp³-hybridized carbons (Fsp3) is 0.273. The average molecular weight is 190 g/mol. The van der Waals surface area contributed by atoms with E-state index in [-0.39, 0.29) is 0 Å². The van der Waals surface area contributed by atoms with Crippen molar-refractivity contribution < 1.29 is 5.11 Å². The molecular weight excluding hydrogens is 176 g/mol. The van der Waals surface area contributed by atoms with E-state index in [2.05, 4.69) is 0 Å². The summed E-state index contributed by atoms with van der Waals surface area (Å²) in [6, 6.07) is 3.76. The Morgan fingerprint density at radius 3 is 2.79 bits per heavy atom. The highest BCUT2D eigenvalue weighted by atomic mass is 16.3. The lowest BCUT2D eigenvalue weighted by Gasteiger charge is -2.01. The number of phenols is 1. The molecule has 0 radical (unpaired) electrons. The van der Waals surface area contributed by atoms with Gasteiger partial charge in [-0.05, 0) is 30.2 Å². The van der Waals surface area contributed by atoms with Crippen molar-refractivity contribution in [2.75, 3.05) is 0 Å². The van der Waals surface area contributed by atoms with E-state index in [1.54, 1.807) is 6.07 Å². The third-order valence-electron chi connectivity index (χ3n) is 2.61. The summed E-state index contributed by atoms with van der Waals surface area (Å²) >= 11 is 0. The highest BCUT2D eigenvalue weighted by molar-refractivity contribution is 5.86. The van der Waals surface area contributed by atoms with E-state index in [9.17, 15) is 5.11 Å². The van der Waals surface area contributed by atoms with E-state index < -0.39 is 0 Å². The number of benzene rings is 1. The summed E-state index contributed by atoms with van der Waals surface area (Å²) in [7, 11) is 1.98. The molecule has 0 bridgehead atoms. The van der Waals surface area contributed by atoms with Crippen molar-refractivity contribution in [3.8, 4) is 5.75 Å². The zero-order chi connectivity index (χ0) is 10.3. The summed E-state index contributed by atoms with van der Waals surface area (Å²) in [4.78, 5) is 0. The van der Waals surface area contributed by atoms with Gasteiger partial charge in [0.2, 0.25) is 0 Å². The first-order valence-electron chi connectivity index (χ1n) is 4.61. The van der Waals surface area contributed by atoms with E-state index in [1.165, 1.54) is 0 Å². The molecular formula is C11H14N2O. The van der Waals surface area contributed by atoms with E-state index in [0.717, 1.165) is 22.0 Å². The van der Waals surface area contributed by atoms with Crippen molar-refractivity contribution in [1.29, 1.82) is 0 Å². The molecule has 0 amide bonds. The molecule has 3 N–H and O–H groups in total. The van der Waals surface area contributed by atoms with Crippen LogP contribution in [-0.2, 0) is 13.6 Å². The van der Waals surface area contributed by atoms with Crippen LogP contribution in [0.2, 0.25) is 0 Å². The van der Waals surface area contributed by atoms with Crippen LogP contribution in [0.15, 0.2) is 18.3 Å². The second-order valence-corrected chi connectivity index (χ2v) is 3.63. The number of hydrogen-bond donors (Lipinski definition) is 2. The van der Waals surface area contributed by atoms with Crippen molar-refractivity contribution >= 4 is 10.9 Å². The van der Waals surface area contributed by atoms with Crippen LogP contribution >= 0.6 is 0 Å². The molecule has 1 aromatic carbocycles. The van der Waals surface area contributed by atoms with Gasteiger partial charge in [-0.15, -0.1) is 0 Å². The summed E-state index contributed by atoms with van der Waals surface area (Å²) in [5.74, 6) is 0.332. The Hall–Kier alpha value is -1.48. The van der Waals surface area contributed by atoms with Gasteiger partial charge in [-0.3, -0.25) is 0 Å². The normalized spacial score (nSPS) is 11.1. The third-order valence-corrected chi connectivity index (χ3v) is 2.61. The molecule has 0 spiro atoms. The minimum atomic E-state index is 0.332. The third kappa shape index (κ3) is 1.17. The van der Waals surface area contributed by atoms with Crippen LogP contribution in [0.5, 0.6) is 5.75 Å². The summed E-state index contributed by atoms with van der Waals surface area (Å²) in [5.41, 5.74) is 8.69. The summed E-state index contributed by atoms with van der Waals surface area (Å²) < 4.78 is 2.03. The van der Waals surface area contributed by atoms with Gasteiger partial charge in [0.1, 0.15) is 5.75 Å². The molecule has 3 heteroatoms. The molecule has 2 aromatic rings. The number of rotatable bonds is 1. The maximum Gasteiger partial charge on any atom is 0.119 e. The molecule has 0 aliphatic carbocycles. The van der Waals surface area contributed by atoms with Gasteiger partial charge in [-0.2, -0.15) is 0 Å². The Balaban J connectivity index is 2.84. The molecule has 1 heterocycles. The number of nitrogens with two attached hydrogens (primary N) is 1. The van der Waals surface area contributed by atoms with E-state index >= 15 is 0 Å². The maximum atomic E-state index is 9.60. The molecule has 3 nitrogen and oxygen atoms in total. The van der Waals surface area contributed by atoms with Crippen molar-refractivity contribution in [3.63, 3.8) is 0 Å². The van der Waals surface area contributed by atoms with Crippen molar-refractivity contribution in [2.24, 2.45) is 12.8 Å². The fourth-order valence-electron chi connectivity index (χ4n) is 1.77. The van der Waals surface area contributed by atoms with Crippen LogP contribution in [0, 0.1) is 6.92 Å². The molecule has 1 aromatic heterocycles. The molecule has 0 saturated carbocycles. The van der Waals surface area contributed by atoms with Gasteiger partial charge < -0.3 is 15.4 Å². The van der Waals surface area contributed by atoms with Gasteiger partial charge in [0, 0.05) is 30.7 Å². The Morgan fingerprint density at radius 2 is 2.14 bits per heavy atom. The number of nitrogens with zero attached hydrogens (tertiary/aromatic N) is 1. The number of aromatic hydroxyl groups is 1. The quantitative estimate of drug-likeness (QED) is 0.718. The van der Waals surface area contributed by atoms with E-state index in [0.29, 0.717) is 12.3 Å². The van der Waals surface area contributed by atoms with Crippen molar-refractivity contribution in [2.45, 2.75) is 13.5 Å². The number of aryl methyl sites for hydroxylation is 2. The average Bonchev–Trinajstić information content (AvgIpc) is 2.45. The van der Waals surface area contributed by atoms with Gasteiger partial charge in [0.15, 0.2) is 0 Å². The lowest BCUT2D eigenvalue weighted by molar-refractivity contribution is 0.472. The largest absolute Gasteiger partial charge is 0.508 e. The molecule has 0 atom stereocenters. The summed E-state index contributed by atoms with van der Waals surface area (Å²) in [6.07, 6.45) is 2.00. The maximum absolute atomic E-state index is 9.60. The number of aromatic nitrogens is 1.